The average Bonchev–Trinajstić information content (AvgIpc) is 3.17. The van der Waals surface area contributed by atoms with E-state index in [1.54, 1.807) is 12.1 Å². The monoisotopic (exact) mass is 616 g/mol. The van der Waals surface area contributed by atoms with E-state index >= 15 is 0 Å². The van der Waals surface area contributed by atoms with Gasteiger partial charge < -0.3 is 29.0 Å². The fourth-order valence-electron chi connectivity index (χ4n) is 4.09. The maximum absolute atomic E-state index is 12.3. The van der Waals surface area contributed by atoms with E-state index in [-0.39, 0.29) is 23.3 Å². The third kappa shape index (κ3) is 6.63. The molecule has 206 valence electrons. The number of nitrogens with one attached hydrogen (secondary N) is 1. The lowest BCUT2D eigenvalue weighted by Crippen LogP contribution is -2.67. The molecule has 1 saturated heterocycles. The minimum atomic E-state index is -1.38. The van der Waals surface area contributed by atoms with Crippen LogP contribution < -0.4 is 10.1 Å². The van der Waals surface area contributed by atoms with E-state index in [0.717, 1.165) is 13.8 Å². The molecule has 2 aromatic rings. The zero-order chi connectivity index (χ0) is 28.3. The van der Waals surface area contributed by atoms with Gasteiger partial charge >= 0.3 is 17.9 Å². The topological polar surface area (TPSA) is 148 Å². The predicted molar refractivity (Wildman–Crippen MR) is 136 cm³/mol. The smallest absolute Gasteiger partial charge is 0.303 e. The Morgan fingerprint density at radius 2 is 1.63 bits per heavy atom. The van der Waals surface area contributed by atoms with Crippen LogP contribution in [-0.4, -0.2) is 71.5 Å². The number of aromatic nitrogens is 1. The maximum Gasteiger partial charge on any atom is 0.303 e. The summed E-state index contributed by atoms with van der Waals surface area (Å²) in [5.41, 5.74) is 0.443. The highest BCUT2D eigenvalue weighted by Gasteiger charge is 2.52. The van der Waals surface area contributed by atoms with Crippen LogP contribution in [0.3, 0.4) is 0 Å². The van der Waals surface area contributed by atoms with E-state index < -0.39 is 54.5 Å². The van der Waals surface area contributed by atoms with Gasteiger partial charge in [0.05, 0.1) is 22.1 Å². The van der Waals surface area contributed by atoms with E-state index in [9.17, 15) is 24.0 Å². The first kappa shape index (κ1) is 29.4. The summed E-state index contributed by atoms with van der Waals surface area (Å²) in [6.07, 6.45) is -3.71. The molecule has 1 amide bonds. The second-order valence-electron chi connectivity index (χ2n) is 8.48. The highest BCUT2D eigenvalue weighted by Crippen LogP contribution is 2.40. The number of amides is 1. The van der Waals surface area contributed by atoms with E-state index in [1.807, 2.05) is 0 Å². The molecule has 3 rings (SSSR count). The lowest BCUT2D eigenvalue weighted by molar-refractivity contribution is -0.256. The molecule has 1 aromatic heterocycles. The third-order valence-electron chi connectivity index (χ3n) is 5.48. The number of benzene rings is 1. The molecule has 0 radical (unpaired) electrons. The van der Waals surface area contributed by atoms with Crippen molar-refractivity contribution in [3.05, 3.63) is 27.8 Å². The van der Waals surface area contributed by atoms with Gasteiger partial charge in [-0.25, -0.2) is 0 Å². The number of esters is 3. The Balaban J connectivity index is 2.14. The number of carbonyl (C=O) groups excluding carboxylic acids is 5. The first-order valence-electron chi connectivity index (χ1n) is 11.4. The van der Waals surface area contributed by atoms with E-state index in [0.29, 0.717) is 15.4 Å². The van der Waals surface area contributed by atoms with Crippen molar-refractivity contribution in [2.75, 3.05) is 6.61 Å². The molecule has 0 aliphatic carbocycles. The van der Waals surface area contributed by atoms with Gasteiger partial charge in [-0.3, -0.25) is 28.5 Å². The average molecular weight is 618 g/mol. The van der Waals surface area contributed by atoms with Gasteiger partial charge in [0.2, 0.25) is 18.1 Å². The first-order valence-corrected chi connectivity index (χ1v) is 12.5. The molecule has 1 aromatic carbocycles. The Hall–Kier alpha value is -3.16. The van der Waals surface area contributed by atoms with Crippen LogP contribution in [0.1, 0.15) is 39.4 Å². The van der Waals surface area contributed by atoms with Gasteiger partial charge in [-0.15, -0.1) is 0 Å². The Labute approximate surface area is 230 Å². The van der Waals surface area contributed by atoms with E-state index in [2.05, 4.69) is 21.2 Å². The Morgan fingerprint density at radius 3 is 2.18 bits per heavy atom. The van der Waals surface area contributed by atoms with Crippen molar-refractivity contribution < 1.29 is 47.7 Å². The van der Waals surface area contributed by atoms with Crippen LogP contribution >= 0.6 is 27.5 Å². The molecule has 0 bridgehead atoms. The van der Waals surface area contributed by atoms with Crippen LogP contribution in [-0.2, 0) is 38.1 Å². The molecular formula is C24H26BrClN2O10. The number of halogens is 2. The van der Waals surface area contributed by atoms with Crippen molar-refractivity contribution in [2.45, 2.75) is 65.3 Å². The summed E-state index contributed by atoms with van der Waals surface area (Å²) in [6, 6.07) is 2.13. The summed E-state index contributed by atoms with van der Waals surface area (Å²) in [5, 5.41) is 3.23. The highest BCUT2D eigenvalue weighted by molar-refractivity contribution is 9.10. The van der Waals surface area contributed by atoms with Gasteiger partial charge in [0.15, 0.2) is 18.0 Å². The molecule has 1 N–H and O–H groups in total. The molecular weight excluding hydrogens is 592 g/mol. The van der Waals surface area contributed by atoms with Crippen LogP contribution in [0.5, 0.6) is 5.75 Å². The minimum absolute atomic E-state index is 0.112. The molecule has 0 saturated carbocycles. The zero-order valence-electron chi connectivity index (χ0n) is 21.1. The summed E-state index contributed by atoms with van der Waals surface area (Å²) in [6.45, 7) is 5.65. The van der Waals surface area contributed by atoms with Gasteiger partial charge in [0, 0.05) is 39.1 Å². The van der Waals surface area contributed by atoms with Crippen LogP contribution in [0.15, 0.2) is 22.8 Å². The summed E-state index contributed by atoms with van der Waals surface area (Å²) in [5.74, 6) is -2.86. The molecule has 1 fully saturated rings. The number of nitrogens with zero attached hydrogens (tertiary/aromatic N) is 1. The van der Waals surface area contributed by atoms with Crippen molar-refractivity contribution in [3.8, 4) is 5.75 Å². The van der Waals surface area contributed by atoms with Gasteiger partial charge in [0.25, 0.3) is 0 Å². The Kier molecular flexibility index (Phi) is 9.39. The molecule has 14 heteroatoms. The van der Waals surface area contributed by atoms with Crippen LogP contribution in [0.4, 0.5) is 0 Å². The molecule has 5 atom stereocenters. The number of fused-ring (bicyclic) bond motifs is 1. The summed E-state index contributed by atoms with van der Waals surface area (Å²) in [4.78, 5) is 59.9. The number of hydrogen-bond donors (Lipinski definition) is 1. The molecule has 12 nitrogen and oxygen atoms in total. The zero-order valence-corrected chi connectivity index (χ0v) is 23.5. The van der Waals surface area contributed by atoms with E-state index in [1.165, 1.54) is 31.5 Å². The minimum Gasteiger partial charge on any atom is -0.463 e. The van der Waals surface area contributed by atoms with Crippen molar-refractivity contribution in [3.63, 3.8) is 0 Å². The SMILES string of the molecule is CC(=O)N[C@H]1[C@H](Oc2cn(C(C)=O)c3ccc(Br)c(Cl)c23)O[C@H](COC(C)=O)[C@H](OC(C)=O)[C@@H]1OC(C)=O. The molecule has 0 spiro atoms. The lowest BCUT2D eigenvalue weighted by atomic mass is 9.96. The molecule has 1 aliphatic rings. The standard InChI is InChI=1S/C24H26BrClN2O10/c1-10(29)27-21-23(36-14(5)33)22(35-13(4)32)18(9-34-12(3)31)38-24(21)37-17-8-28(11(2)30)16-7-6-15(25)20(26)19(16)17/h6-8,18,21-24H,9H2,1-5H3,(H,27,29)/t18-,21-,22+,23-,24-/m1/s1. The molecule has 38 heavy (non-hydrogen) atoms. The lowest BCUT2D eigenvalue weighted by Gasteiger charge is -2.44. The third-order valence-corrected chi connectivity index (χ3v) is 6.76. The maximum atomic E-state index is 12.3. The summed E-state index contributed by atoms with van der Waals surface area (Å²) in [7, 11) is 0. The van der Waals surface area contributed by atoms with Gasteiger partial charge in [-0.2, -0.15) is 0 Å². The fourth-order valence-corrected chi connectivity index (χ4v) is 4.68. The highest BCUT2D eigenvalue weighted by atomic mass is 79.9. The van der Waals surface area contributed by atoms with Crippen molar-refractivity contribution in [2.24, 2.45) is 0 Å². The first-order chi connectivity index (χ1) is 17.8. The number of rotatable bonds is 7. The molecule has 2 heterocycles. The number of ether oxygens (including phenoxy) is 5. The Morgan fingerprint density at radius 1 is 1.00 bits per heavy atom. The predicted octanol–water partition coefficient (Wildman–Crippen LogP) is 2.75. The second-order valence-corrected chi connectivity index (χ2v) is 9.71. The van der Waals surface area contributed by atoms with E-state index in [4.69, 9.17) is 35.3 Å². The Bertz CT molecular complexity index is 1280. The van der Waals surface area contributed by atoms with Crippen LogP contribution in [0.2, 0.25) is 5.02 Å². The number of carbonyl (C=O) groups is 5. The van der Waals surface area contributed by atoms with Gasteiger partial charge in [-0.05, 0) is 28.1 Å². The quantitative estimate of drug-likeness (QED) is 0.363. The van der Waals surface area contributed by atoms with Gasteiger partial charge in [0.1, 0.15) is 18.8 Å². The summed E-state index contributed by atoms with van der Waals surface area (Å²) < 4.78 is 30.0. The summed E-state index contributed by atoms with van der Waals surface area (Å²) >= 11 is 9.89. The fraction of sp³-hybridized carbons (Fsp3) is 0.458. The van der Waals surface area contributed by atoms with Crippen LogP contribution in [0.25, 0.3) is 10.9 Å². The molecule has 1 aliphatic heterocycles. The second kappa shape index (κ2) is 12.1. The van der Waals surface area contributed by atoms with Crippen molar-refractivity contribution in [1.29, 1.82) is 0 Å². The number of hydrogen-bond acceptors (Lipinski definition) is 10. The molecule has 0 unspecified atom stereocenters. The van der Waals surface area contributed by atoms with Crippen molar-refractivity contribution >= 4 is 68.2 Å². The largest absolute Gasteiger partial charge is 0.463 e. The van der Waals surface area contributed by atoms with Crippen LogP contribution in [0, 0.1) is 0 Å². The van der Waals surface area contributed by atoms with Gasteiger partial charge in [-0.1, -0.05) is 11.6 Å². The van der Waals surface area contributed by atoms with Crippen molar-refractivity contribution in [1.82, 2.24) is 9.88 Å². The normalized spacial score (nSPS) is 22.9.